The topological polar surface area (TPSA) is 0 Å². The van der Waals surface area contributed by atoms with E-state index in [1.165, 1.54) is 4.90 Å². The summed E-state index contributed by atoms with van der Waals surface area (Å²) in [5, 5.41) is 0. The molecule has 0 aliphatic rings. The Hall–Kier alpha value is -1.21. The average molecular weight is 185 g/mol. The first-order valence-electron chi connectivity index (χ1n) is 4.15. The third-order valence-electron chi connectivity index (χ3n) is 1.65. The van der Waals surface area contributed by atoms with Gasteiger partial charge in [0.2, 0.25) is 0 Å². The maximum atomic E-state index is 3.18. The van der Waals surface area contributed by atoms with Crippen LogP contribution in [0.25, 0.3) is 0 Å². The maximum absolute atomic E-state index is 3.18. The van der Waals surface area contributed by atoms with E-state index in [1.54, 1.807) is 11.8 Å². The fourth-order valence-electron chi connectivity index (χ4n) is 1.06. The monoisotopic (exact) mass is 185 g/mol. The molecule has 1 heteroatoms. The fourth-order valence-corrected chi connectivity index (χ4v) is 1.88. The lowest BCUT2D eigenvalue weighted by Gasteiger charge is -1.98. The zero-order chi connectivity index (χ0) is 8.93. The second-order valence-electron chi connectivity index (χ2n) is 2.64. The van der Waals surface area contributed by atoms with Crippen molar-refractivity contribution in [1.82, 2.24) is 0 Å². The first-order chi connectivity index (χ1) is 6.45. The summed E-state index contributed by atoms with van der Waals surface area (Å²) in [4.78, 5) is 2.42. The van der Waals surface area contributed by atoms with Crippen LogP contribution in [0, 0.1) is 6.07 Å². The van der Waals surface area contributed by atoms with E-state index in [0.29, 0.717) is 0 Å². The molecule has 0 aliphatic heterocycles. The first-order valence-corrected chi connectivity index (χ1v) is 4.96. The Morgan fingerprint density at radius 2 is 1.62 bits per heavy atom. The van der Waals surface area contributed by atoms with Crippen molar-refractivity contribution in [1.29, 1.82) is 0 Å². The highest BCUT2D eigenvalue weighted by molar-refractivity contribution is 7.99. The zero-order valence-electron chi connectivity index (χ0n) is 7.10. The number of benzene rings is 2. The molecule has 1 radical (unpaired) electrons. The molecule has 2 rings (SSSR count). The van der Waals surface area contributed by atoms with Crippen molar-refractivity contribution in [2.45, 2.75) is 9.79 Å². The molecule has 0 unspecified atom stereocenters. The Morgan fingerprint density at radius 1 is 0.846 bits per heavy atom. The number of rotatable bonds is 2. The van der Waals surface area contributed by atoms with Gasteiger partial charge in [-0.1, -0.05) is 48.2 Å². The molecule has 13 heavy (non-hydrogen) atoms. The lowest BCUT2D eigenvalue weighted by Crippen LogP contribution is -1.71. The number of hydrogen-bond acceptors (Lipinski definition) is 1. The quantitative estimate of drug-likeness (QED) is 0.688. The Labute approximate surface area is 82.6 Å². The molecule has 0 nitrogen and oxygen atoms in total. The molecule has 0 bridgehead atoms. The Kier molecular flexibility index (Phi) is 2.68. The molecule has 0 spiro atoms. The molecule has 2 aromatic rings. The van der Waals surface area contributed by atoms with Gasteiger partial charge in [-0.15, -0.1) is 0 Å². The van der Waals surface area contributed by atoms with Gasteiger partial charge < -0.3 is 0 Å². The van der Waals surface area contributed by atoms with Crippen molar-refractivity contribution in [3.8, 4) is 0 Å². The van der Waals surface area contributed by atoms with Crippen LogP contribution in [0.5, 0.6) is 0 Å². The van der Waals surface area contributed by atoms with E-state index in [1.807, 2.05) is 36.4 Å². The van der Waals surface area contributed by atoms with E-state index in [4.69, 9.17) is 0 Å². The second-order valence-corrected chi connectivity index (χ2v) is 3.76. The molecule has 0 saturated carbocycles. The van der Waals surface area contributed by atoms with Gasteiger partial charge in [-0.25, -0.2) is 0 Å². The van der Waals surface area contributed by atoms with Gasteiger partial charge in [-0.3, -0.25) is 0 Å². The van der Waals surface area contributed by atoms with Gasteiger partial charge in [-0.05, 0) is 24.3 Å². The van der Waals surface area contributed by atoms with Crippen molar-refractivity contribution in [3.05, 3.63) is 60.7 Å². The van der Waals surface area contributed by atoms with Crippen LogP contribution in [0.3, 0.4) is 0 Å². The van der Waals surface area contributed by atoms with Gasteiger partial charge in [0.15, 0.2) is 0 Å². The van der Waals surface area contributed by atoms with Crippen molar-refractivity contribution in [2.24, 2.45) is 0 Å². The molecule has 0 heterocycles. The second kappa shape index (κ2) is 4.15. The van der Waals surface area contributed by atoms with Crippen LogP contribution in [0.2, 0.25) is 0 Å². The van der Waals surface area contributed by atoms with Gasteiger partial charge in [0.1, 0.15) is 0 Å². The lowest BCUT2D eigenvalue weighted by atomic mass is 10.4. The summed E-state index contributed by atoms with van der Waals surface area (Å²) in [6, 6.07) is 21.5. The summed E-state index contributed by atoms with van der Waals surface area (Å²) >= 11 is 1.73. The van der Waals surface area contributed by atoms with E-state index in [-0.39, 0.29) is 0 Å². The molecule has 2 aromatic carbocycles. The minimum atomic E-state index is 1.16. The van der Waals surface area contributed by atoms with Crippen LogP contribution >= 0.6 is 11.8 Å². The zero-order valence-corrected chi connectivity index (χ0v) is 7.92. The van der Waals surface area contributed by atoms with Crippen LogP contribution in [0.15, 0.2) is 64.4 Å². The molecule has 0 fully saturated rings. The van der Waals surface area contributed by atoms with Crippen molar-refractivity contribution in [3.63, 3.8) is 0 Å². The van der Waals surface area contributed by atoms with E-state index < -0.39 is 0 Å². The van der Waals surface area contributed by atoms with E-state index in [9.17, 15) is 0 Å². The Balaban J connectivity index is 2.16. The Bertz CT molecular complexity index is 316. The van der Waals surface area contributed by atoms with E-state index in [0.717, 1.165) is 4.90 Å². The van der Waals surface area contributed by atoms with E-state index >= 15 is 0 Å². The molecule has 0 atom stereocenters. The standard InChI is InChI=1S/C12H9S/c1-3-7-11(8-4-1)13-12-9-5-2-6-10-12/h1-9H. The predicted octanol–water partition coefficient (Wildman–Crippen LogP) is 3.64. The molecule has 0 aliphatic carbocycles. The van der Waals surface area contributed by atoms with Crippen molar-refractivity contribution < 1.29 is 0 Å². The normalized spacial score (nSPS) is 9.85. The summed E-state index contributed by atoms with van der Waals surface area (Å²) in [5.41, 5.74) is 0. The summed E-state index contributed by atoms with van der Waals surface area (Å²) in [6.45, 7) is 0. The summed E-state index contributed by atoms with van der Waals surface area (Å²) in [7, 11) is 0. The third kappa shape index (κ3) is 2.36. The molecule has 0 saturated heterocycles. The molecular formula is C12H9S. The summed E-state index contributed by atoms with van der Waals surface area (Å²) in [5.74, 6) is 0. The van der Waals surface area contributed by atoms with Crippen LogP contribution in [-0.2, 0) is 0 Å². The highest BCUT2D eigenvalue weighted by Crippen LogP contribution is 2.25. The maximum Gasteiger partial charge on any atom is 0.0201 e. The molecule has 0 N–H and O–H groups in total. The lowest BCUT2D eigenvalue weighted by molar-refractivity contribution is 1.40. The fraction of sp³-hybridized carbons (Fsp3) is 0. The minimum absolute atomic E-state index is 1.16. The van der Waals surface area contributed by atoms with Crippen LogP contribution in [0.4, 0.5) is 0 Å². The Morgan fingerprint density at radius 3 is 2.31 bits per heavy atom. The minimum Gasteiger partial charge on any atom is -0.0895 e. The summed E-state index contributed by atoms with van der Waals surface area (Å²) < 4.78 is 0. The predicted molar refractivity (Wildman–Crippen MR) is 55.8 cm³/mol. The summed E-state index contributed by atoms with van der Waals surface area (Å²) in [6.07, 6.45) is 0. The van der Waals surface area contributed by atoms with Crippen molar-refractivity contribution >= 4 is 11.8 Å². The number of hydrogen-bond donors (Lipinski definition) is 0. The van der Waals surface area contributed by atoms with Crippen LogP contribution < -0.4 is 0 Å². The molecule has 63 valence electrons. The average Bonchev–Trinajstić information content (AvgIpc) is 2.21. The highest BCUT2D eigenvalue weighted by Gasteiger charge is 1.93. The van der Waals surface area contributed by atoms with Gasteiger partial charge in [0.25, 0.3) is 0 Å². The van der Waals surface area contributed by atoms with Crippen LogP contribution in [0.1, 0.15) is 0 Å². The molecule has 0 amide bonds. The van der Waals surface area contributed by atoms with Crippen LogP contribution in [-0.4, -0.2) is 0 Å². The van der Waals surface area contributed by atoms with Gasteiger partial charge in [0, 0.05) is 9.79 Å². The van der Waals surface area contributed by atoms with E-state index in [2.05, 4.69) is 24.3 Å². The largest absolute Gasteiger partial charge is 0.0895 e. The van der Waals surface area contributed by atoms with Crippen molar-refractivity contribution in [2.75, 3.05) is 0 Å². The first kappa shape index (κ1) is 8.39. The molecular weight excluding hydrogens is 176 g/mol. The smallest absolute Gasteiger partial charge is 0.0201 e. The highest BCUT2D eigenvalue weighted by atomic mass is 32.2. The third-order valence-corrected chi connectivity index (χ3v) is 2.63. The van der Waals surface area contributed by atoms with Gasteiger partial charge >= 0.3 is 0 Å². The SMILES string of the molecule is [c]1ccccc1Sc1ccccc1. The van der Waals surface area contributed by atoms with Gasteiger partial charge in [0.05, 0.1) is 0 Å². The van der Waals surface area contributed by atoms with Gasteiger partial charge in [-0.2, -0.15) is 0 Å². The molecule has 0 aromatic heterocycles.